The van der Waals surface area contributed by atoms with Crippen molar-refractivity contribution in [2.75, 3.05) is 23.7 Å². The molecule has 2 aliphatic carbocycles. The molecule has 1 atom stereocenters. The third-order valence-electron chi connectivity index (χ3n) is 6.09. The van der Waals surface area contributed by atoms with Gasteiger partial charge in [-0.15, -0.1) is 0 Å². The van der Waals surface area contributed by atoms with E-state index in [9.17, 15) is 14.7 Å². The lowest BCUT2D eigenvalue weighted by atomic mass is 10.1. The van der Waals surface area contributed by atoms with Crippen molar-refractivity contribution in [1.29, 1.82) is 0 Å². The van der Waals surface area contributed by atoms with E-state index in [-0.39, 0.29) is 28.7 Å². The Morgan fingerprint density at radius 2 is 1.86 bits per heavy atom. The number of carbonyl (C=O) groups is 1. The number of aromatic nitrogens is 1. The Kier molecular flexibility index (Phi) is 4.06. The molecule has 154 valence electrons. The molecule has 3 aliphatic rings. The van der Waals surface area contributed by atoms with Gasteiger partial charge in [-0.25, -0.2) is 13.6 Å². The summed E-state index contributed by atoms with van der Waals surface area (Å²) in [5, 5.41) is 12.4. The van der Waals surface area contributed by atoms with Gasteiger partial charge < -0.3 is 25.6 Å². The van der Waals surface area contributed by atoms with Crippen molar-refractivity contribution in [2.45, 2.75) is 50.2 Å². The van der Waals surface area contributed by atoms with Crippen LogP contribution in [-0.2, 0) is 0 Å². The second-order valence-corrected chi connectivity index (χ2v) is 8.30. The van der Waals surface area contributed by atoms with E-state index in [4.69, 9.17) is 5.73 Å². The minimum Gasteiger partial charge on any atom is -0.477 e. The highest BCUT2D eigenvalue weighted by atomic mass is 19.1. The summed E-state index contributed by atoms with van der Waals surface area (Å²) < 4.78 is 32.3. The van der Waals surface area contributed by atoms with Crippen LogP contribution in [-0.4, -0.2) is 40.8 Å². The van der Waals surface area contributed by atoms with Crippen LogP contribution in [0.4, 0.5) is 20.2 Å². The van der Waals surface area contributed by atoms with Gasteiger partial charge in [-0.1, -0.05) is 0 Å². The van der Waals surface area contributed by atoms with Crippen molar-refractivity contribution in [3.8, 4) is 0 Å². The number of carboxylic acids is 1. The smallest absolute Gasteiger partial charge is 0.341 e. The number of rotatable bonds is 5. The minimum atomic E-state index is -1.44. The second-order valence-electron chi connectivity index (χ2n) is 8.30. The molecule has 0 bridgehead atoms. The third-order valence-corrected chi connectivity index (χ3v) is 6.09. The van der Waals surface area contributed by atoms with Crippen LogP contribution in [0.15, 0.2) is 11.0 Å². The van der Waals surface area contributed by atoms with E-state index >= 15 is 8.78 Å². The van der Waals surface area contributed by atoms with Gasteiger partial charge in [0, 0.05) is 37.4 Å². The maximum atomic E-state index is 15.7. The van der Waals surface area contributed by atoms with E-state index in [1.807, 2.05) is 0 Å². The van der Waals surface area contributed by atoms with Gasteiger partial charge in [-0.3, -0.25) is 4.79 Å². The first kappa shape index (κ1) is 18.4. The first-order valence-electron chi connectivity index (χ1n) is 9.96. The summed E-state index contributed by atoms with van der Waals surface area (Å²) in [6.07, 6.45) is 5.65. The number of anilines is 2. The van der Waals surface area contributed by atoms with Gasteiger partial charge in [-0.05, 0) is 32.1 Å². The predicted molar refractivity (Wildman–Crippen MR) is 105 cm³/mol. The second kappa shape index (κ2) is 6.41. The summed E-state index contributed by atoms with van der Waals surface area (Å²) in [4.78, 5) is 25.8. The van der Waals surface area contributed by atoms with Gasteiger partial charge in [0.25, 0.3) is 0 Å². The monoisotopic (exact) mass is 404 g/mol. The Labute approximate surface area is 165 Å². The standard InChI is InChI=1S/C20H22F2N4O3/c21-14-16(23)13-17(26(11-3-4-11)8-12(19(13)27)20(28)29)15(22)18(14)25-6-5-10(7-25)24-9-1-2-9/h8-11,24H,1-7,23H2,(H,28,29). The first-order chi connectivity index (χ1) is 13.9. The van der Waals surface area contributed by atoms with Crippen molar-refractivity contribution >= 4 is 28.2 Å². The van der Waals surface area contributed by atoms with E-state index in [2.05, 4.69) is 5.32 Å². The number of pyridine rings is 1. The summed E-state index contributed by atoms with van der Waals surface area (Å²) in [5.74, 6) is -3.28. The molecule has 1 unspecified atom stereocenters. The minimum absolute atomic E-state index is 0.102. The van der Waals surface area contributed by atoms with Crippen LogP contribution in [0.25, 0.3) is 10.9 Å². The molecule has 7 nitrogen and oxygen atoms in total. The number of hydrogen-bond acceptors (Lipinski definition) is 5. The molecule has 4 N–H and O–H groups in total. The lowest BCUT2D eigenvalue weighted by Gasteiger charge is -2.24. The van der Waals surface area contributed by atoms with Crippen molar-refractivity contribution in [3.63, 3.8) is 0 Å². The van der Waals surface area contributed by atoms with E-state index in [1.54, 1.807) is 4.90 Å². The number of nitrogens with one attached hydrogen (secondary N) is 1. The first-order valence-corrected chi connectivity index (χ1v) is 9.96. The number of fused-ring (bicyclic) bond motifs is 1. The van der Waals surface area contributed by atoms with Gasteiger partial charge in [-0.2, -0.15) is 0 Å². The average molecular weight is 404 g/mol. The lowest BCUT2D eigenvalue weighted by Crippen LogP contribution is -2.34. The molecule has 2 saturated carbocycles. The predicted octanol–water partition coefficient (Wildman–Crippen LogP) is 2.23. The number of aromatic carboxylic acids is 1. The van der Waals surface area contributed by atoms with Crippen molar-refractivity contribution < 1.29 is 18.7 Å². The summed E-state index contributed by atoms with van der Waals surface area (Å²) in [6, 6.07) is 0.523. The summed E-state index contributed by atoms with van der Waals surface area (Å²) in [7, 11) is 0. The quantitative estimate of drug-likeness (QED) is 0.661. The van der Waals surface area contributed by atoms with Crippen molar-refractivity contribution in [1.82, 2.24) is 9.88 Å². The molecular weight excluding hydrogens is 382 g/mol. The van der Waals surface area contributed by atoms with Gasteiger partial charge in [0.05, 0.1) is 16.6 Å². The maximum Gasteiger partial charge on any atom is 0.341 e. The van der Waals surface area contributed by atoms with Crippen molar-refractivity contribution in [3.05, 3.63) is 33.6 Å². The number of nitrogen functional groups attached to an aromatic ring is 1. The fraction of sp³-hybridized carbons (Fsp3) is 0.500. The Morgan fingerprint density at radius 1 is 1.14 bits per heavy atom. The van der Waals surface area contributed by atoms with Crippen LogP contribution in [0.1, 0.15) is 48.5 Å². The molecular formula is C20H22F2N4O3. The topological polar surface area (TPSA) is 101 Å². The molecule has 3 fully saturated rings. The highest BCUT2D eigenvalue weighted by Gasteiger charge is 2.35. The molecule has 0 spiro atoms. The van der Waals surface area contributed by atoms with Gasteiger partial charge in [0.1, 0.15) is 11.3 Å². The van der Waals surface area contributed by atoms with Crippen LogP contribution in [0.2, 0.25) is 0 Å². The van der Waals surface area contributed by atoms with Gasteiger partial charge >= 0.3 is 5.97 Å². The highest BCUT2D eigenvalue weighted by molar-refractivity contribution is 5.99. The third kappa shape index (κ3) is 2.95. The Bertz CT molecular complexity index is 1090. The molecule has 2 aromatic rings. The summed E-state index contributed by atoms with van der Waals surface area (Å²) in [6.45, 7) is 0.931. The zero-order valence-corrected chi connectivity index (χ0v) is 15.8. The number of benzene rings is 1. The van der Waals surface area contributed by atoms with Gasteiger partial charge in [0.2, 0.25) is 5.43 Å². The van der Waals surface area contributed by atoms with E-state index in [0.29, 0.717) is 19.1 Å². The van der Waals surface area contributed by atoms with E-state index in [1.165, 1.54) is 4.57 Å². The number of halogens is 2. The Hall–Kier alpha value is -2.68. The Morgan fingerprint density at radius 3 is 2.48 bits per heavy atom. The highest BCUT2D eigenvalue weighted by Crippen LogP contribution is 2.42. The largest absolute Gasteiger partial charge is 0.477 e. The van der Waals surface area contributed by atoms with E-state index < -0.39 is 34.3 Å². The van der Waals surface area contributed by atoms with Gasteiger partial charge in [0.15, 0.2) is 11.6 Å². The van der Waals surface area contributed by atoms with Crippen molar-refractivity contribution in [2.24, 2.45) is 0 Å². The van der Waals surface area contributed by atoms with Crippen LogP contribution >= 0.6 is 0 Å². The molecule has 1 aromatic carbocycles. The molecule has 29 heavy (non-hydrogen) atoms. The molecule has 1 aliphatic heterocycles. The van der Waals surface area contributed by atoms with Crippen LogP contribution in [0.5, 0.6) is 0 Å². The van der Waals surface area contributed by atoms with Crippen LogP contribution in [0, 0.1) is 11.6 Å². The normalized spacial score (nSPS) is 21.9. The zero-order chi connectivity index (χ0) is 20.4. The fourth-order valence-electron chi connectivity index (χ4n) is 4.31. The molecule has 0 radical (unpaired) electrons. The van der Waals surface area contributed by atoms with Crippen LogP contribution < -0.4 is 21.4 Å². The Balaban J connectivity index is 1.68. The number of nitrogens with zero attached hydrogens (tertiary/aromatic N) is 2. The number of hydrogen-bond donors (Lipinski definition) is 3. The maximum absolute atomic E-state index is 15.7. The average Bonchev–Trinajstić information content (AvgIpc) is 3.59. The molecule has 1 aromatic heterocycles. The fourth-order valence-corrected chi connectivity index (χ4v) is 4.31. The molecule has 9 heteroatoms. The molecule has 5 rings (SSSR count). The molecule has 2 heterocycles. The van der Waals surface area contributed by atoms with Crippen LogP contribution in [0.3, 0.4) is 0 Å². The SMILES string of the molecule is Nc1c(F)c(N2CCC(NC3CC3)C2)c(F)c2c1c(=O)c(C(=O)O)cn2C1CC1. The number of nitrogens with two attached hydrogens (primary N) is 1. The zero-order valence-electron chi connectivity index (χ0n) is 15.8. The number of carboxylic acid groups (broad SMARTS) is 1. The summed E-state index contributed by atoms with van der Waals surface area (Å²) >= 11 is 0. The molecule has 1 saturated heterocycles. The van der Waals surface area contributed by atoms with E-state index in [0.717, 1.165) is 38.3 Å². The summed E-state index contributed by atoms with van der Waals surface area (Å²) in [5.41, 5.74) is 3.64. The lowest BCUT2D eigenvalue weighted by molar-refractivity contribution is 0.0695. The molecule has 0 amide bonds.